The van der Waals surface area contributed by atoms with Gasteiger partial charge in [-0.15, -0.1) is 0 Å². The van der Waals surface area contributed by atoms with Gasteiger partial charge in [0, 0.05) is 5.56 Å². The molecule has 2 aromatic carbocycles. The first-order valence-electron chi connectivity index (χ1n) is 5.97. The van der Waals surface area contributed by atoms with E-state index in [0.717, 1.165) is 0 Å². The largest absolute Gasteiger partial charge is 0.483 e. The van der Waals surface area contributed by atoms with Crippen molar-refractivity contribution < 1.29 is 9.13 Å². The molecule has 2 nitrogen and oxygen atoms in total. The number of benzene rings is 2. The average molecular weight is 255 g/mol. The molecule has 0 aromatic heterocycles. The number of halogens is 1. The van der Waals surface area contributed by atoms with Crippen molar-refractivity contribution in [2.45, 2.75) is 19.4 Å². The maximum absolute atomic E-state index is 13.8. The molecule has 0 radical (unpaired) electrons. The van der Waals surface area contributed by atoms with Crippen LogP contribution in [0.15, 0.2) is 48.5 Å². The number of rotatable bonds is 3. The SMILES string of the molecule is CC(C)(Oc1ccc(C#N)cc1)c1ccccc1F. The first-order chi connectivity index (χ1) is 9.03. The molecule has 0 spiro atoms. The van der Waals surface area contributed by atoms with Gasteiger partial charge < -0.3 is 4.74 Å². The van der Waals surface area contributed by atoms with Crippen LogP contribution in [-0.2, 0) is 5.60 Å². The molecule has 2 aromatic rings. The zero-order chi connectivity index (χ0) is 13.9. The van der Waals surface area contributed by atoms with Crippen LogP contribution in [0, 0.1) is 17.1 Å². The molecule has 0 unspecified atom stereocenters. The molecular formula is C16H14FNO. The Hall–Kier alpha value is -2.34. The van der Waals surface area contributed by atoms with Crippen LogP contribution >= 0.6 is 0 Å². The molecule has 0 bridgehead atoms. The summed E-state index contributed by atoms with van der Waals surface area (Å²) in [6.45, 7) is 3.62. The van der Waals surface area contributed by atoms with Gasteiger partial charge >= 0.3 is 0 Å². The van der Waals surface area contributed by atoms with Crippen LogP contribution in [0.1, 0.15) is 25.0 Å². The molecule has 0 aliphatic heterocycles. The van der Waals surface area contributed by atoms with Crippen LogP contribution in [0.2, 0.25) is 0 Å². The van der Waals surface area contributed by atoms with E-state index in [1.807, 2.05) is 19.9 Å². The van der Waals surface area contributed by atoms with Crippen LogP contribution in [0.3, 0.4) is 0 Å². The Balaban J connectivity index is 2.26. The first kappa shape index (κ1) is 13.1. The Kier molecular flexibility index (Phi) is 3.52. The molecule has 0 atom stereocenters. The quantitative estimate of drug-likeness (QED) is 0.830. The maximum atomic E-state index is 13.8. The Labute approximate surface area is 112 Å². The highest BCUT2D eigenvalue weighted by atomic mass is 19.1. The van der Waals surface area contributed by atoms with Crippen LogP contribution in [0.5, 0.6) is 5.75 Å². The molecule has 0 saturated heterocycles. The number of nitriles is 1. The normalized spacial score (nSPS) is 10.8. The molecule has 0 heterocycles. The van der Waals surface area contributed by atoms with Crippen molar-refractivity contribution in [2.24, 2.45) is 0 Å². The minimum atomic E-state index is -0.778. The summed E-state index contributed by atoms with van der Waals surface area (Å²) in [5.41, 5.74) is 0.287. The molecule has 0 amide bonds. The third-order valence-corrected chi connectivity index (χ3v) is 2.88. The lowest BCUT2D eigenvalue weighted by Gasteiger charge is -2.27. The molecule has 19 heavy (non-hydrogen) atoms. The second kappa shape index (κ2) is 5.11. The number of hydrogen-bond donors (Lipinski definition) is 0. The summed E-state index contributed by atoms with van der Waals surface area (Å²) in [6.07, 6.45) is 0. The zero-order valence-electron chi connectivity index (χ0n) is 10.9. The van der Waals surface area contributed by atoms with E-state index in [4.69, 9.17) is 10.00 Å². The van der Waals surface area contributed by atoms with Crippen molar-refractivity contribution in [3.8, 4) is 11.8 Å². The second-order valence-corrected chi connectivity index (χ2v) is 4.73. The standard InChI is InChI=1S/C16H14FNO/c1-16(2,14-5-3-4-6-15(14)17)19-13-9-7-12(11-18)8-10-13/h3-10H,1-2H3. The maximum Gasteiger partial charge on any atom is 0.131 e. The van der Waals surface area contributed by atoms with Gasteiger partial charge in [0.2, 0.25) is 0 Å². The zero-order valence-corrected chi connectivity index (χ0v) is 10.9. The first-order valence-corrected chi connectivity index (χ1v) is 5.97. The van der Waals surface area contributed by atoms with E-state index >= 15 is 0 Å². The number of hydrogen-bond acceptors (Lipinski definition) is 2. The predicted octanol–water partition coefficient (Wildman–Crippen LogP) is 4.01. The molecular weight excluding hydrogens is 241 g/mol. The fourth-order valence-electron chi connectivity index (χ4n) is 1.90. The highest BCUT2D eigenvalue weighted by Crippen LogP contribution is 2.29. The van der Waals surface area contributed by atoms with E-state index in [1.165, 1.54) is 6.07 Å². The second-order valence-electron chi connectivity index (χ2n) is 4.73. The highest BCUT2D eigenvalue weighted by molar-refractivity contribution is 5.35. The Bertz CT molecular complexity index is 611. The van der Waals surface area contributed by atoms with Crippen molar-refractivity contribution in [1.82, 2.24) is 0 Å². The van der Waals surface area contributed by atoms with Gasteiger partial charge in [0.25, 0.3) is 0 Å². The third kappa shape index (κ3) is 2.92. The fraction of sp³-hybridized carbons (Fsp3) is 0.188. The fourth-order valence-corrected chi connectivity index (χ4v) is 1.90. The monoisotopic (exact) mass is 255 g/mol. The third-order valence-electron chi connectivity index (χ3n) is 2.88. The molecule has 0 N–H and O–H groups in total. The topological polar surface area (TPSA) is 33.0 Å². The van der Waals surface area contributed by atoms with E-state index in [1.54, 1.807) is 42.5 Å². The smallest absolute Gasteiger partial charge is 0.131 e. The van der Waals surface area contributed by atoms with Crippen molar-refractivity contribution in [2.75, 3.05) is 0 Å². The van der Waals surface area contributed by atoms with Crippen molar-refractivity contribution >= 4 is 0 Å². The highest BCUT2D eigenvalue weighted by Gasteiger charge is 2.25. The van der Waals surface area contributed by atoms with Gasteiger partial charge in [-0.1, -0.05) is 18.2 Å². The van der Waals surface area contributed by atoms with Crippen LogP contribution in [0.4, 0.5) is 4.39 Å². The lowest BCUT2D eigenvalue weighted by molar-refractivity contribution is 0.104. The van der Waals surface area contributed by atoms with Crippen molar-refractivity contribution in [1.29, 1.82) is 5.26 Å². The Morgan fingerprint density at radius 1 is 1.05 bits per heavy atom. The van der Waals surface area contributed by atoms with Crippen LogP contribution < -0.4 is 4.74 Å². The summed E-state index contributed by atoms with van der Waals surface area (Å²) < 4.78 is 19.6. The van der Waals surface area contributed by atoms with E-state index in [-0.39, 0.29) is 5.82 Å². The summed E-state index contributed by atoms with van der Waals surface area (Å²) in [7, 11) is 0. The number of nitrogens with zero attached hydrogens (tertiary/aromatic N) is 1. The van der Waals surface area contributed by atoms with E-state index in [0.29, 0.717) is 16.9 Å². The summed E-state index contributed by atoms with van der Waals surface area (Å²) in [4.78, 5) is 0. The summed E-state index contributed by atoms with van der Waals surface area (Å²) in [5.74, 6) is 0.313. The van der Waals surface area contributed by atoms with Gasteiger partial charge in [0.1, 0.15) is 17.2 Å². The summed E-state index contributed by atoms with van der Waals surface area (Å²) in [5, 5.41) is 8.74. The van der Waals surface area contributed by atoms with Crippen LogP contribution in [0.25, 0.3) is 0 Å². The summed E-state index contributed by atoms with van der Waals surface area (Å²) in [6, 6.07) is 15.4. The molecule has 3 heteroatoms. The average Bonchev–Trinajstić information content (AvgIpc) is 2.39. The van der Waals surface area contributed by atoms with Crippen LogP contribution in [-0.4, -0.2) is 0 Å². The van der Waals surface area contributed by atoms with Crippen molar-refractivity contribution in [3.63, 3.8) is 0 Å². The minimum absolute atomic E-state index is 0.291. The molecule has 0 aliphatic carbocycles. The Morgan fingerprint density at radius 2 is 1.68 bits per heavy atom. The lowest BCUT2D eigenvalue weighted by atomic mass is 9.97. The van der Waals surface area contributed by atoms with Gasteiger partial charge in [-0.2, -0.15) is 5.26 Å². The van der Waals surface area contributed by atoms with E-state index in [9.17, 15) is 4.39 Å². The number of ether oxygens (including phenoxy) is 1. The molecule has 96 valence electrons. The lowest BCUT2D eigenvalue weighted by Crippen LogP contribution is -2.26. The van der Waals surface area contributed by atoms with Gasteiger partial charge in [0.05, 0.1) is 11.6 Å². The minimum Gasteiger partial charge on any atom is -0.483 e. The van der Waals surface area contributed by atoms with E-state index < -0.39 is 5.60 Å². The predicted molar refractivity (Wildman–Crippen MR) is 71.2 cm³/mol. The molecule has 0 saturated carbocycles. The molecule has 0 aliphatic rings. The summed E-state index contributed by atoms with van der Waals surface area (Å²) >= 11 is 0. The van der Waals surface area contributed by atoms with Gasteiger partial charge in [0.15, 0.2) is 0 Å². The Morgan fingerprint density at radius 3 is 2.26 bits per heavy atom. The van der Waals surface area contributed by atoms with Gasteiger partial charge in [-0.05, 0) is 44.2 Å². The molecule has 2 rings (SSSR count). The molecule has 0 fully saturated rings. The van der Waals surface area contributed by atoms with Crippen molar-refractivity contribution in [3.05, 3.63) is 65.5 Å². The van der Waals surface area contributed by atoms with Gasteiger partial charge in [-0.3, -0.25) is 0 Å². The van der Waals surface area contributed by atoms with Gasteiger partial charge in [-0.25, -0.2) is 4.39 Å². The van der Waals surface area contributed by atoms with E-state index in [2.05, 4.69) is 0 Å².